The molecule has 0 N–H and O–H groups in total. The van der Waals surface area contributed by atoms with Crippen LogP contribution in [0.3, 0.4) is 0 Å². The van der Waals surface area contributed by atoms with Crippen LogP contribution in [0.4, 0.5) is 4.79 Å². The predicted molar refractivity (Wildman–Crippen MR) is 83.1 cm³/mol. The lowest BCUT2D eigenvalue weighted by molar-refractivity contribution is 0.0318. The zero-order valence-corrected chi connectivity index (χ0v) is 13.5. The van der Waals surface area contributed by atoms with E-state index in [4.69, 9.17) is 4.74 Å². The van der Waals surface area contributed by atoms with Gasteiger partial charge >= 0.3 is 6.09 Å². The molecule has 1 heterocycles. The van der Waals surface area contributed by atoms with E-state index in [1.807, 2.05) is 45.0 Å². The number of amides is 1. The highest BCUT2D eigenvalue weighted by atomic mass is 32.2. The molecule has 1 amide bonds. The van der Waals surface area contributed by atoms with Gasteiger partial charge in [-0.05, 0) is 45.7 Å². The molecule has 0 aromatic heterocycles. The zero-order valence-electron chi connectivity index (χ0n) is 12.7. The van der Waals surface area contributed by atoms with Crippen molar-refractivity contribution < 1.29 is 13.7 Å². The summed E-state index contributed by atoms with van der Waals surface area (Å²) in [7, 11) is -1.36. The number of carbonyl (C=O) groups excluding carboxylic acids is 1. The van der Waals surface area contributed by atoms with Crippen LogP contribution in [0.5, 0.6) is 0 Å². The second-order valence-electron chi connectivity index (χ2n) is 5.90. The average molecular weight is 307 g/mol. The molecule has 5 heteroatoms. The smallest absolute Gasteiger partial charge is 0.415 e. The van der Waals surface area contributed by atoms with Gasteiger partial charge < -0.3 is 4.74 Å². The molecule has 114 valence electrons. The molecule has 0 saturated carbocycles. The Labute approximate surface area is 128 Å². The molecule has 1 aromatic rings. The summed E-state index contributed by atoms with van der Waals surface area (Å²) in [5, 5.41) is 0.529. The number of hydrogen-bond donors (Lipinski definition) is 0. The van der Waals surface area contributed by atoms with Gasteiger partial charge in [0, 0.05) is 11.4 Å². The van der Waals surface area contributed by atoms with E-state index in [-0.39, 0.29) is 0 Å². The summed E-state index contributed by atoms with van der Waals surface area (Å²) >= 11 is 0. The molecular formula is C16H21NO3S. The summed E-state index contributed by atoms with van der Waals surface area (Å²) in [6.07, 6.45) is 3.12. The Bertz CT molecular complexity index is 561. The number of benzene rings is 1. The first kappa shape index (κ1) is 15.8. The Hall–Kier alpha value is -1.62. The summed E-state index contributed by atoms with van der Waals surface area (Å²) < 4.78 is 18.1. The van der Waals surface area contributed by atoms with Gasteiger partial charge in [-0.1, -0.05) is 24.3 Å². The molecule has 4 nitrogen and oxygen atoms in total. The van der Waals surface area contributed by atoms with Crippen LogP contribution in [-0.2, 0) is 15.5 Å². The second kappa shape index (κ2) is 6.43. The van der Waals surface area contributed by atoms with Crippen LogP contribution in [0.1, 0.15) is 33.6 Å². The number of ether oxygens (including phenoxy) is 1. The van der Waals surface area contributed by atoms with E-state index in [0.29, 0.717) is 16.5 Å². The SMILES string of the molecule is CC(C)(C)OC(=O)N1CCCC=C1[S@@](=O)c1ccccc1. The van der Waals surface area contributed by atoms with Crippen molar-refractivity contribution in [1.29, 1.82) is 0 Å². The van der Waals surface area contributed by atoms with Crippen molar-refractivity contribution in [2.45, 2.75) is 44.1 Å². The van der Waals surface area contributed by atoms with Crippen LogP contribution in [0.2, 0.25) is 0 Å². The Morgan fingerprint density at radius 1 is 1.24 bits per heavy atom. The highest BCUT2D eigenvalue weighted by Gasteiger charge is 2.29. The molecule has 0 unspecified atom stereocenters. The van der Waals surface area contributed by atoms with E-state index in [1.54, 1.807) is 12.1 Å². The number of allylic oxidation sites excluding steroid dienone is 1. The molecule has 21 heavy (non-hydrogen) atoms. The molecule has 1 aliphatic heterocycles. The van der Waals surface area contributed by atoms with Crippen molar-refractivity contribution in [1.82, 2.24) is 4.90 Å². The minimum Gasteiger partial charge on any atom is -0.443 e. The number of nitrogens with zero attached hydrogens (tertiary/aromatic N) is 1. The van der Waals surface area contributed by atoms with Crippen molar-refractivity contribution in [3.05, 3.63) is 41.4 Å². The lowest BCUT2D eigenvalue weighted by Crippen LogP contribution is -2.39. The van der Waals surface area contributed by atoms with Crippen LogP contribution < -0.4 is 0 Å². The lowest BCUT2D eigenvalue weighted by Gasteiger charge is -2.30. The fourth-order valence-corrected chi connectivity index (χ4v) is 3.32. The highest BCUT2D eigenvalue weighted by Crippen LogP contribution is 2.25. The molecule has 0 fully saturated rings. The van der Waals surface area contributed by atoms with Gasteiger partial charge in [0.1, 0.15) is 21.4 Å². The standard InChI is InChI=1S/C16H21NO3S/c1-16(2,3)20-15(18)17-12-8-7-11-14(17)21(19)13-9-5-4-6-10-13/h4-6,9-11H,7-8,12H2,1-3H3/t21-/m0/s1. The monoisotopic (exact) mass is 307 g/mol. The van der Waals surface area contributed by atoms with E-state index in [1.165, 1.54) is 4.90 Å². The Balaban J connectivity index is 2.22. The summed E-state index contributed by atoms with van der Waals surface area (Å²) in [5.41, 5.74) is -0.562. The Morgan fingerprint density at radius 2 is 1.90 bits per heavy atom. The Kier molecular flexibility index (Phi) is 4.83. The molecule has 0 spiro atoms. The average Bonchev–Trinajstić information content (AvgIpc) is 2.45. The first-order valence-electron chi connectivity index (χ1n) is 7.06. The van der Waals surface area contributed by atoms with Crippen LogP contribution in [0.15, 0.2) is 46.3 Å². The van der Waals surface area contributed by atoms with Gasteiger partial charge in [-0.2, -0.15) is 0 Å². The minimum absolute atomic E-state index is 0.433. The molecule has 0 saturated heterocycles. The van der Waals surface area contributed by atoms with Crippen LogP contribution in [0.25, 0.3) is 0 Å². The van der Waals surface area contributed by atoms with E-state index < -0.39 is 22.5 Å². The third kappa shape index (κ3) is 4.17. The first-order chi connectivity index (χ1) is 9.88. The molecule has 1 aromatic carbocycles. The van der Waals surface area contributed by atoms with Gasteiger partial charge in [0.05, 0.1) is 0 Å². The highest BCUT2D eigenvalue weighted by molar-refractivity contribution is 7.89. The molecule has 0 bridgehead atoms. The normalized spacial score (nSPS) is 17.1. The zero-order chi connectivity index (χ0) is 15.5. The van der Waals surface area contributed by atoms with Crippen LogP contribution in [0, 0.1) is 0 Å². The fourth-order valence-electron chi connectivity index (χ4n) is 2.03. The second-order valence-corrected chi connectivity index (χ2v) is 7.33. The van der Waals surface area contributed by atoms with Crippen molar-refractivity contribution >= 4 is 16.9 Å². The third-order valence-corrected chi connectivity index (χ3v) is 4.40. The molecule has 1 aliphatic rings. The van der Waals surface area contributed by atoms with E-state index >= 15 is 0 Å². The molecular weight excluding hydrogens is 286 g/mol. The van der Waals surface area contributed by atoms with E-state index in [2.05, 4.69) is 0 Å². The minimum atomic E-state index is -1.36. The molecule has 0 radical (unpaired) electrons. The van der Waals surface area contributed by atoms with Crippen molar-refractivity contribution in [3.8, 4) is 0 Å². The largest absolute Gasteiger partial charge is 0.443 e. The Morgan fingerprint density at radius 3 is 2.52 bits per heavy atom. The maximum Gasteiger partial charge on any atom is 0.415 e. The fraction of sp³-hybridized carbons (Fsp3) is 0.438. The molecule has 2 rings (SSSR count). The molecule has 0 aliphatic carbocycles. The number of carbonyl (C=O) groups is 1. The molecule has 1 atom stereocenters. The summed E-state index contributed by atoms with van der Waals surface area (Å²) in [6.45, 7) is 6.02. The van der Waals surface area contributed by atoms with Gasteiger partial charge in [0.2, 0.25) is 0 Å². The summed E-state index contributed by atoms with van der Waals surface area (Å²) in [4.78, 5) is 14.5. The topological polar surface area (TPSA) is 46.6 Å². The van der Waals surface area contributed by atoms with Gasteiger partial charge in [0.25, 0.3) is 0 Å². The maximum atomic E-state index is 12.7. The van der Waals surface area contributed by atoms with Gasteiger partial charge in [-0.25, -0.2) is 9.00 Å². The van der Waals surface area contributed by atoms with Gasteiger partial charge in [0.15, 0.2) is 0 Å². The van der Waals surface area contributed by atoms with Crippen molar-refractivity contribution in [2.24, 2.45) is 0 Å². The quantitative estimate of drug-likeness (QED) is 0.837. The summed E-state index contributed by atoms with van der Waals surface area (Å²) in [6, 6.07) is 9.17. The van der Waals surface area contributed by atoms with Gasteiger partial charge in [-0.15, -0.1) is 0 Å². The van der Waals surface area contributed by atoms with Crippen molar-refractivity contribution in [2.75, 3.05) is 6.54 Å². The van der Waals surface area contributed by atoms with Crippen LogP contribution in [-0.4, -0.2) is 27.3 Å². The van der Waals surface area contributed by atoms with E-state index in [0.717, 1.165) is 12.8 Å². The van der Waals surface area contributed by atoms with E-state index in [9.17, 15) is 9.00 Å². The third-order valence-electron chi connectivity index (χ3n) is 2.93. The predicted octanol–water partition coefficient (Wildman–Crippen LogP) is 3.67. The van der Waals surface area contributed by atoms with Gasteiger partial charge in [-0.3, -0.25) is 4.90 Å². The first-order valence-corrected chi connectivity index (χ1v) is 8.21. The van der Waals surface area contributed by atoms with Crippen LogP contribution >= 0.6 is 0 Å². The maximum absolute atomic E-state index is 12.7. The summed E-state index contributed by atoms with van der Waals surface area (Å²) in [5.74, 6) is 0. The number of hydrogen-bond acceptors (Lipinski definition) is 3. The number of rotatable bonds is 2. The van der Waals surface area contributed by atoms with Crippen molar-refractivity contribution in [3.63, 3.8) is 0 Å². The lowest BCUT2D eigenvalue weighted by atomic mass is 10.2.